The Morgan fingerprint density at radius 1 is 0.944 bits per heavy atom. The van der Waals surface area contributed by atoms with E-state index in [9.17, 15) is 0 Å². The van der Waals surface area contributed by atoms with Gasteiger partial charge in [0.05, 0.1) is 13.6 Å². The van der Waals surface area contributed by atoms with Crippen molar-refractivity contribution in [3.05, 3.63) is 0 Å². The van der Waals surface area contributed by atoms with Crippen LogP contribution >= 0.6 is 8.13 Å². The third-order valence-electron chi connectivity index (χ3n) is 1.82. The first kappa shape index (κ1) is 21.9. The number of hydrogen-bond acceptors (Lipinski definition) is 1. The number of hydrogen-bond donors (Lipinski definition) is 0. The van der Waals surface area contributed by atoms with E-state index in [4.69, 9.17) is 4.43 Å². The van der Waals surface area contributed by atoms with E-state index in [1.165, 1.54) is 0 Å². The molecule has 18 heavy (non-hydrogen) atoms. The molecule has 0 bridgehead atoms. The molecule has 1 nitrogen and oxygen atoms in total. The Labute approximate surface area is 130 Å². The predicted octanol–water partition coefficient (Wildman–Crippen LogP) is 5.51. The molecule has 0 aromatic heterocycles. The summed E-state index contributed by atoms with van der Waals surface area (Å²) in [4.78, 5) is 4.59. The average molecular weight is 413 g/mol. The normalized spacial score (nSPS) is 15.5. The third-order valence-corrected chi connectivity index (χ3v) is 8.50. The van der Waals surface area contributed by atoms with E-state index in [0.717, 1.165) is 8.13 Å². The fourth-order valence-electron chi connectivity index (χ4n) is 1.17. The summed E-state index contributed by atoms with van der Waals surface area (Å²) in [5, 5.41) is 0. The molecule has 0 saturated carbocycles. The van der Waals surface area contributed by atoms with Gasteiger partial charge in [-0.15, -0.1) is 8.13 Å². The summed E-state index contributed by atoms with van der Waals surface area (Å²) in [5.41, 5.74) is 0.291. The molecule has 0 rings (SSSR count). The second-order valence-electron chi connectivity index (χ2n) is 7.87. The Balaban J connectivity index is 0. The van der Waals surface area contributed by atoms with Gasteiger partial charge < -0.3 is 4.43 Å². The van der Waals surface area contributed by atoms with Gasteiger partial charge in [-0.1, -0.05) is 40.4 Å². The maximum atomic E-state index is 6.36. The van der Waals surface area contributed by atoms with Gasteiger partial charge in [0.25, 0.3) is 0 Å². The van der Waals surface area contributed by atoms with E-state index in [2.05, 4.69) is 69.9 Å². The minimum absolute atomic E-state index is 0.230. The van der Waals surface area contributed by atoms with Gasteiger partial charge in [0.2, 0.25) is 0 Å². The van der Waals surface area contributed by atoms with Crippen LogP contribution in [0.2, 0.25) is 49.2 Å². The van der Waals surface area contributed by atoms with Crippen molar-refractivity contribution in [3.63, 3.8) is 0 Å². The molecule has 2 radical (unpaired) electrons. The molecule has 0 aromatic rings. The van der Waals surface area contributed by atoms with Gasteiger partial charge in [-0.25, -0.2) is 0 Å². The van der Waals surface area contributed by atoms with Crippen molar-refractivity contribution < 1.29 is 4.43 Å². The quantitative estimate of drug-likeness (QED) is 0.436. The summed E-state index contributed by atoms with van der Waals surface area (Å²) in [7, 11) is -1.40. The summed E-state index contributed by atoms with van der Waals surface area (Å²) in [6, 6.07) is 0. The summed E-state index contributed by atoms with van der Waals surface area (Å²) in [6.45, 7) is 21.1. The Morgan fingerprint density at radius 3 is 1.44 bits per heavy atom. The maximum absolute atomic E-state index is 6.36. The fraction of sp³-hybridized carbons (Fsp3) is 1.00. The Bertz CT molecular complexity index is 201. The Morgan fingerprint density at radius 2 is 1.28 bits per heavy atom. The van der Waals surface area contributed by atoms with Crippen LogP contribution in [0.5, 0.6) is 0 Å². The first-order valence-electron chi connectivity index (χ1n) is 6.77. The molecule has 0 spiro atoms. The molecular weight excluding hydrogens is 378 g/mol. The van der Waals surface area contributed by atoms with Crippen molar-refractivity contribution in [1.29, 1.82) is 0 Å². The van der Waals surface area contributed by atoms with Crippen molar-refractivity contribution in [2.24, 2.45) is 5.41 Å². The molecule has 110 valence electrons. The van der Waals surface area contributed by atoms with Gasteiger partial charge in [0.15, 0.2) is 8.32 Å². The molecule has 0 aliphatic carbocycles. The van der Waals surface area contributed by atoms with Crippen LogP contribution in [0.25, 0.3) is 0 Å². The zero-order valence-electron chi connectivity index (χ0n) is 14.5. The second-order valence-corrected chi connectivity index (χ2v) is 25.9. The molecule has 0 amide bonds. The van der Waals surface area contributed by atoms with Crippen LogP contribution in [0.3, 0.4) is 0 Å². The number of rotatable bonds is 4. The zero-order valence-corrected chi connectivity index (χ0v) is 20.3. The molecule has 0 fully saturated rings. The monoisotopic (exact) mass is 414 g/mol. The topological polar surface area (TPSA) is 9.23 Å². The average Bonchev–Trinajstić information content (AvgIpc) is 1.96. The molecule has 0 aromatic carbocycles. The molecule has 0 aliphatic heterocycles. The van der Waals surface area contributed by atoms with Gasteiger partial charge in [-0.2, -0.15) is 0 Å². The first-order valence-corrected chi connectivity index (χ1v) is 21.5. The Kier molecular flexibility index (Phi) is 10.7. The van der Waals surface area contributed by atoms with Crippen LogP contribution in [-0.2, 0) is 4.43 Å². The van der Waals surface area contributed by atoms with Gasteiger partial charge >= 0.3 is 31.0 Å². The van der Waals surface area contributed by atoms with Crippen molar-refractivity contribution in [1.82, 2.24) is 0 Å². The van der Waals surface area contributed by atoms with Crippen LogP contribution in [-0.4, -0.2) is 43.0 Å². The van der Waals surface area contributed by atoms with E-state index >= 15 is 0 Å². The van der Waals surface area contributed by atoms with Crippen LogP contribution in [0, 0.1) is 5.41 Å². The SMILES string of the molecule is CC(C)(C)C(O[Si](C)(C)C)P[Si](C)(C)C.[CH3][Sn][CH3]. The molecule has 2 atom stereocenters. The first-order chi connectivity index (χ1) is 7.73. The summed E-state index contributed by atoms with van der Waals surface area (Å²) < 4.78 is 6.36. The summed E-state index contributed by atoms with van der Waals surface area (Å²) in [5.74, 6) is 0.468. The molecule has 0 saturated heterocycles. The molecule has 0 N–H and O–H groups in total. The summed E-state index contributed by atoms with van der Waals surface area (Å²) in [6.07, 6.45) is 0. The molecule has 5 heteroatoms. The van der Waals surface area contributed by atoms with E-state index in [1.807, 2.05) is 0 Å². The van der Waals surface area contributed by atoms with Crippen molar-refractivity contribution >= 4 is 45.3 Å². The van der Waals surface area contributed by atoms with Crippen molar-refractivity contribution in [2.45, 2.75) is 75.8 Å². The van der Waals surface area contributed by atoms with E-state index in [0.29, 0.717) is 11.3 Å². The summed E-state index contributed by atoms with van der Waals surface area (Å²) >= 11 is 0.230. The standard InChI is InChI=1S/C11H29OPSi2.2CH3.Sn/c1-11(2,3)10(12-14(4,5)6)13-15(7,8)9;;;/h10,13H,1-9H3;2*1H3;. The molecular formula is C13H35OPSi2Sn. The van der Waals surface area contributed by atoms with Crippen LogP contribution < -0.4 is 0 Å². The fourth-order valence-corrected chi connectivity index (χ4v) is 8.94. The van der Waals surface area contributed by atoms with Crippen LogP contribution in [0.15, 0.2) is 0 Å². The predicted molar refractivity (Wildman–Crippen MR) is 96.8 cm³/mol. The van der Waals surface area contributed by atoms with Gasteiger partial charge in [0, 0.05) is 0 Å². The van der Waals surface area contributed by atoms with E-state index < -0.39 is 16.1 Å². The zero-order chi connectivity index (χ0) is 15.2. The van der Waals surface area contributed by atoms with Crippen molar-refractivity contribution in [2.75, 3.05) is 0 Å². The van der Waals surface area contributed by atoms with Gasteiger partial charge in [0.1, 0.15) is 0 Å². The second kappa shape index (κ2) is 8.81. The van der Waals surface area contributed by atoms with Crippen LogP contribution in [0.1, 0.15) is 20.8 Å². The molecule has 0 aliphatic rings. The molecule has 0 heterocycles. The van der Waals surface area contributed by atoms with Gasteiger partial charge in [-0.05, 0) is 25.1 Å². The van der Waals surface area contributed by atoms with Crippen LogP contribution in [0.4, 0.5) is 0 Å². The van der Waals surface area contributed by atoms with Gasteiger partial charge in [-0.3, -0.25) is 0 Å². The van der Waals surface area contributed by atoms with E-state index in [1.54, 1.807) is 0 Å². The van der Waals surface area contributed by atoms with Crippen molar-refractivity contribution in [3.8, 4) is 0 Å². The third kappa shape index (κ3) is 15.7. The minimum atomic E-state index is -1.40. The van der Waals surface area contributed by atoms with E-state index in [-0.39, 0.29) is 21.1 Å². The molecule has 2 unspecified atom stereocenters. The Hall–Kier alpha value is 1.62.